The van der Waals surface area contributed by atoms with E-state index < -0.39 is 0 Å². The number of nitrogens with one attached hydrogen (secondary N) is 1. The summed E-state index contributed by atoms with van der Waals surface area (Å²) in [6, 6.07) is 10.4. The predicted molar refractivity (Wildman–Crippen MR) is 89.9 cm³/mol. The first-order chi connectivity index (χ1) is 11.3. The molecule has 0 saturated carbocycles. The van der Waals surface area contributed by atoms with Gasteiger partial charge in [0, 0.05) is 26.0 Å². The van der Waals surface area contributed by atoms with E-state index >= 15 is 0 Å². The Hall–Kier alpha value is -2.14. The van der Waals surface area contributed by atoms with Crippen molar-refractivity contribution < 1.29 is 4.79 Å². The molecule has 3 rings (SSSR count). The SMILES string of the molecule is CNC(=O)C1CCCCN1Cc1ccccc1Cn1cccn1. The fraction of sp³-hybridized carbons (Fsp3) is 0.444. The minimum atomic E-state index is -0.00786. The van der Waals surface area contributed by atoms with Crippen molar-refractivity contribution in [3.63, 3.8) is 0 Å². The van der Waals surface area contributed by atoms with E-state index in [1.807, 2.05) is 16.9 Å². The summed E-state index contributed by atoms with van der Waals surface area (Å²) in [6.07, 6.45) is 7.01. The molecule has 0 bridgehead atoms. The van der Waals surface area contributed by atoms with Crippen molar-refractivity contribution in [2.75, 3.05) is 13.6 Å². The molecule has 0 spiro atoms. The quantitative estimate of drug-likeness (QED) is 0.919. The van der Waals surface area contributed by atoms with E-state index in [1.165, 1.54) is 11.1 Å². The Labute approximate surface area is 137 Å². The molecule has 0 aliphatic carbocycles. The van der Waals surface area contributed by atoms with Crippen molar-refractivity contribution in [2.45, 2.75) is 38.4 Å². The normalized spacial score (nSPS) is 18.7. The van der Waals surface area contributed by atoms with Gasteiger partial charge in [-0.25, -0.2) is 0 Å². The van der Waals surface area contributed by atoms with Crippen LogP contribution in [0.3, 0.4) is 0 Å². The monoisotopic (exact) mass is 312 g/mol. The smallest absolute Gasteiger partial charge is 0.237 e. The van der Waals surface area contributed by atoms with Gasteiger partial charge in [-0.15, -0.1) is 0 Å². The van der Waals surface area contributed by atoms with Crippen LogP contribution in [0.25, 0.3) is 0 Å². The van der Waals surface area contributed by atoms with Crippen molar-refractivity contribution in [1.82, 2.24) is 20.0 Å². The summed E-state index contributed by atoms with van der Waals surface area (Å²) in [5.41, 5.74) is 2.54. The molecule has 1 amide bonds. The van der Waals surface area contributed by atoms with Crippen LogP contribution in [0.15, 0.2) is 42.7 Å². The number of benzene rings is 1. The van der Waals surface area contributed by atoms with Gasteiger partial charge in [-0.2, -0.15) is 5.10 Å². The van der Waals surface area contributed by atoms with E-state index in [2.05, 4.69) is 39.6 Å². The van der Waals surface area contributed by atoms with Gasteiger partial charge in [-0.1, -0.05) is 30.7 Å². The average Bonchev–Trinajstić information content (AvgIpc) is 3.09. The third-order valence-electron chi connectivity index (χ3n) is 4.55. The lowest BCUT2D eigenvalue weighted by Crippen LogP contribution is -2.48. The van der Waals surface area contributed by atoms with Gasteiger partial charge in [0.05, 0.1) is 12.6 Å². The highest BCUT2D eigenvalue weighted by Gasteiger charge is 2.28. The highest BCUT2D eigenvalue weighted by Crippen LogP contribution is 2.21. The first-order valence-corrected chi connectivity index (χ1v) is 8.28. The lowest BCUT2D eigenvalue weighted by molar-refractivity contribution is -0.127. The number of amides is 1. The molecular weight excluding hydrogens is 288 g/mol. The third-order valence-corrected chi connectivity index (χ3v) is 4.55. The fourth-order valence-corrected chi connectivity index (χ4v) is 3.30. The maximum atomic E-state index is 12.1. The molecule has 1 saturated heterocycles. The van der Waals surface area contributed by atoms with Crippen LogP contribution in [-0.4, -0.2) is 40.2 Å². The molecule has 2 heterocycles. The van der Waals surface area contributed by atoms with E-state index in [1.54, 1.807) is 13.2 Å². The topological polar surface area (TPSA) is 50.2 Å². The van der Waals surface area contributed by atoms with Gasteiger partial charge in [0.2, 0.25) is 5.91 Å². The number of likely N-dealkylation sites (tertiary alicyclic amines) is 1. The van der Waals surface area contributed by atoms with E-state index in [-0.39, 0.29) is 11.9 Å². The molecule has 1 N–H and O–H groups in total. The Kier molecular flexibility index (Phi) is 5.08. The van der Waals surface area contributed by atoms with Crippen molar-refractivity contribution in [2.24, 2.45) is 0 Å². The van der Waals surface area contributed by atoms with Crippen LogP contribution >= 0.6 is 0 Å². The number of carbonyl (C=O) groups excluding carboxylic acids is 1. The molecule has 0 radical (unpaired) electrons. The molecular formula is C18H24N4O. The van der Waals surface area contributed by atoms with Gasteiger partial charge in [-0.3, -0.25) is 14.4 Å². The standard InChI is InChI=1S/C18H24N4O/c1-19-18(23)17-9-4-5-11-21(17)13-15-7-2-3-8-16(15)14-22-12-6-10-20-22/h2-3,6-8,10,12,17H,4-5,9,11,13-14H2,1H3,(H,19,23). The molecule has 1 aliphatic heterocycles. The van der Waals surface area contributed by atoms with Crippen LogP contribution < -0.4 is 5.32 Å². The third kappa shape index (κ3) is 3.79. The Balaban J connectivity index is 1.77. The number of rotatable bonds is 5. The largest absolute Gasteiger partial charge is 0.358 e. The number of hydrogen-bond donors (Lipinski definition) is 1. The molecule has 2 aromatic rings. The minimum absolute atomic E-state index is 0.00786. The van der Waals surface area contributed by atoms with Crippen LogP contribution in [0.4, 0.5) is 0 Å². The van der Waals surface area contributed by atoms with Crippen molar-refractivity contribution >= 4 is 5.91 Å². The molecule has 23 heavy (non-hydrogen) atoms. The van der Waals surface area contributed by atoms with E-state index in [4.69, 9.17) is 0 Å². The van der Waals surface area contributed by atoms with Crippen molar-refractivity contribution in [1.29, 1.82) is 0 Å². The minimum Gasteiger partial charge on any atom is -0.358 e. The lowest BCUT2D eigenvalue weighted by atomic mass is 9.99. The molecule has 122 valence electrons. The number of aromatic nitrogens is 2. The van der Waals surface area contributed by atoms with Gasteiger partial charge in [0.15, 0.2) is 0 Å². The zero-order valence-electron chi connectivity index (χ0n) is 13.6. The maximum absolute atomic E-state index is 12.1. The van der Waals surface area contributed by atoms with Crippen LogP contribution in [-0.2, 0) is 17.9 Å². The Morgan fingerprint density at radius 2 is 2.00 bits per heavy atom. The number of nitrogens with zero attached hydrogens (tertiary/aromatic N) is 3. The van der Waals surface area contributed by atoms with Crippen molar-refractivity contribution in [3.8, 4) is 0 Å². The zero-order valence-corrected chi connectivity index (χ0v) is 13.6. The molecule has 1 aliphatic rings. The zero-order chi connectivity index (χ0) is 16.1. The summed E-state index contributed by atoms with van der Waals surface area (Å²) in [4.78, 5) is 14.5. The van der Waals surface area contributed by atoms with Gasteiger partial charge in [0.1, 0.15) is 0 Å². The molecule has 5 heteroatoms. The van der Waals surface area contributed by atoms with Gasteiger partial charge < -0.3 is 5.32 Å². The molecule has 1 atom stereocenters. The fourth-order valence-electron chi connectivity index (χ4n) is 3.30. The second-order valence-corrected chi connectivity index (χ2v) is 6.07. The Morgan fingerprint density at radius 3 is 2.70 bits per heavy atom. The van der Waals surface area contributed by atoms with Gasteiger partial charge >= 0.3 is 0 Å². The van der Waals surface area contributed by atoms with Crippen LogP contribution in [0, 0.1) is 0 Å². The summed E-state index contributed by atoms with van der Waals surface area (Å²) < 4.78 is 1.94. The van der Waals surface area contributed by atoms with Crippen molar-refractivity contribution in [3.05, 3.63) is 53.9 Å². The van der Waals surface area contributed by atoms with E-state index in [0.717, 1.165) is 38.9 Å². The highest BCUT2D eigenvalue weighted by atomic mass is 16.2. The Bertz CT molecular complexity index is 638. The number of hydrogen-bond acceptors (Lipinski definition) is 3. The number of piperidine rings is 1. The average molecular weight is 312 g/mol. The maximum Gasteiger partial charge on any atom is 0.237 e. The van der Waals surface area contributed by atoms with E-state index in [9.17, 15) is 4.79 Å². The summed E-state index contributed by atoms with van der Waals surface area (Å²) in [5, 5.41) is 7.10. The summed E-state index contributed by atoms with van der Waals surface area (Å²) in [6.45, 7) is 2.56. The molecule has 1 unspecified atom stereocenters. The molecule has 1 aromatic heterocycles. The first-order valence-electron chi connectivity index (χ1n) is 8.28. The van der Waals surface area contributed by atoms with Gasteiger partial charge in [0.25, 0.3) is 0 Å². The first kappa shape index (κ1) is 15.7. The molecule has 1 fully saturated rings. The summed E-state index contributed by atoms with van der Waals surface area (Å²) in [5.74, 6) is 0.134. The highest BCUT2D eigenvalue weighted by molar-refractivity contribution is 5.81. The van der Waals surface area contributed by atoms with Crippen LogP contribution in [0.1, 0.15) is 30.4 Å². The van der Waals surface area contributed by atoms with Crippen LogP contribution in [0.5, 0.6) is 0 Å². The number of likely N-dealkylation sites (N-methyl/N-ethyl adjacent to an activating group) is 1. The second kappa shape index (κ2) is 7.42. The lowest BCUT2D eigenvalue weighted by Gasteiger charge is -2.34. The predicted octanol–water partition coefficient (Wildman–Crippen LogP) is 2.03. The summed E-state index contributed by atoms with van der Waals surface area (Å²) >= 11 is 0. The molecule has 5 nitrogen and oxygen atoms in total. The second-order valence-electron chi connectivity index (χ2n) is 6.07. The van der Waals surface area contributed by atoms with E-state index in [0.29, 0.717) is 0 Å². The Morgan fingerprint density at radius 1 is 1.22 bits per heavy atom. The summed E-state index contributed by atoms with van der Waals surface area (Å²) in [7, 11) is 1.72. The number of carbonyl (C=O) groups is 1. The molecule has 1 aromatic carbocycles. The van der Waals surface area contributed by atoms with Crippen LogP contribution in [0.2, 0.25) is 0 Å². The van der Waals surface area contributed by atoms with Gasteiger partial charge in [-0.05, 0) is 36.6 Å².